The first-order valence-corrected chi connectivity index (χ1v) is 7.19. The Morgan fingerprint density at radius 2 is 1.89 bits per heavy atom. The van der Waals surface area contributed by atoms with Gasteiger partial charge in [-0.1, -0.05) is 44.7 Å². The van der Waals surface area contributed by atoms with Gasteiger partial charge < -0.3 is 5.32 Å². The third-order valence-corrected chi connectivity index (χ3v) is 4.46. The van der Waals surface area contributed by atoms with Crippen molar-refractivity contribution >= 4 is 0 Å². The molecule has 0 heterocycles. The molecule has 0 amide bonds. The molecule has 1 saturated carbocycles. The lowest BCUT2D eigenvalue weighted by molar-refractivity contribution is 0.180. The van der Waals surface area contributed by atoms with E-state index in [9.17, 15) is 4.39 Å². The molecule has 0 radical (unpaired) electrons. The van der Waals surface area contributed by atoms with Crippen LogP contribution >= 0.6 is 0 Å². The number of nitrogens with one attached hydrogen (secondary N) is 1. The third-order valence-electron chi connectivity index (χ3n) is 4.46. The Morgan fingerprint density at radius 1 is 1.22 bits per heavy atom. The van der Waals surface area contributed by atoms with E-state index < -0.39 is 0 Å². The van der Waals surface area contributed by atoms with Crippen LogP contribution in [0.1, 0.15) is 50.6 Å². The smallest absolute Gasteiger partial charge is 0.123 e. The van der Waals surface area contributed by atoms with Gasteiger partial charge in [0.05, 0.1) is 0 Å². The van der Waals surface area contributed by atoms with E-state index >= 15 is 0 Å². The summed E-state index contributed by atoms with van der Waals surface area (Å²) in [6.07, 6.45) is 6.60. The molecule has 0 spiro atoms. The molecule has 1 N–H and O–H groups in total. The Bertz CT molecular complexity index is 360. The van der Waals surface area contributed by atoms with E-state index in [4.69, 9.17) is 0 Å². The zero-order valence-electron chi connectivity index (χ0n) is 11.5. The van der Waals surface area contributed by atoms with Crippen LogP contribution in [0.25, 0.3) is 0 Å². The van der Waals surface area contributed by atoms with Crippen LogP contribution < -0.4 is 5.32 Å². The summed E-state index contributed by atoms with van der Waals surface area (Å²) in [6, 6.07) is 7.37. The van der Waals surface area contributed by atoms with Crippen LogP contribution in [0.15, 0.2) is 24.3 Å². The number of hydrogen-bond acceptors (Lipinski definition) is 1. The van der Waals surface area contributed by atoms with Gasteiger partial charge in [-0.15, -0.1) is 0 Å². The average molecular weight is 249 g/mol. The molecule has 1 aromatic rings. The van der Waals surface area contributed by atoms with Gasteiger partial charge in [0, 0.05) is 6.04 Å². The minimum atomic E-state index is -0.149. The maximum absolute atomic E-state index is 13.0. The van der Waals surface area contributed by atoms with E-state index in [1.54, 1.807) is 12.1 Å². The highest BCUT2D eigenvalue weighted by Crippen LogP contribution is 2.40. The van der Waals surface area contributed by atoms with E-state index in [0.717, 1.165) is 5.92 Å². The van der Waals surface area contributed by atoms with E-state index in [1.165, 1.54) is 37.7 Å². The maximum Gasteiger partial charge on any atom is 0.123 e. The van der Waals surface area contributed by atoms with Crippen LogP contribution in [0.5, 0.6) is 0 Å². The second kappa shape index (κ2) is 6.33. The summed E-state index contributed by atoms with van der Waals surface area (Å²) in [5.41, 5.74) is 1.23. The van der Waals surface area contributed by atoms with Crippen LogP contribution in [-0.4, -0.2) is 7.05 Å². The lowest BCUT2D eigenvalue weighted by atomic mass is 9.72. The van der Waals surface area contributed by atoms with Gasteiger partial charge in [0.15, 0.2) is 0 Å². The lowest BCUT2D eigenvalue weighted by Gasteiger charge is -2.37. The molecular weight excluding hydrogens is 225 g/mol. The predicted molar refractivity (Wildman–Crippen MR) is 73.9 cm³/mol. The van der Waals surface area contributed by atoms with E-state index in [0.29, 0.717) is 12.0 Å². The molecule has 18 heavy (non-hydrogen) atoms. The zero-order valence-corrected chi connectivity index (χ0v) is 11.5. The van der Waals surface area contributed by atoms with Gasteiger partial charge in [-0.3, -0.25) is 0 Å². The second-order valence-corrected chi connectivity index (χ2v) is 5.43. The highest BCUT2D eigenvalue weighted by molar-refractivity contribution is 5.21. The van der Waals surface area contributed by atoms with E-state index in [1.807, 2.05) is 19.2 Å². The molecule has 2 heteroatoms. The Morgan fingerprint density at radius 3 is 2.50 bits per heavy atom. The fourth-order valence-electron chi connectivity index (χ4n) is 3.48. The Kier molecular flexibility index (Phi) is 4.76. The summed E-state index contributed by atoms with van der Waals surface area (Å²) >= 11 is 0. The van der Waals surface area contributed by atoms with Gasteiger partial charge in [-0.25, -0.2) is 4.39 Å². The standard InChI is InChI=1S/C16H24FN/c1-3-12-6-4-5-7-15(12)16(18-2)13-8-10-14(17)11-9-13/h8-12,15-16,18H,3-7H2,1-2H3. The quantitative estimate of drug-likeness (QED) is 0.838. The van der Waals surface area contributed by atoms with Gasteiger partial charge >= 0.3 is 0 Å². The van der Waals surface area contributed by atoms with Crippen LogP contribution in [0.4, 0.5) is 4.39 Å². The van der Waals surface area contributed by atoms with Crippen molar-refractivity contribution in [1.82, 2.24) is 5.32 Å². The van der Waals surface area contributed by atoms with Crippen LogP contribution in [0.2, 0.25) is 0 Å². The fraction of sp³-hybridized carbons (Fsp3) is 0.625. The van der Waals surface area contributed by atoms with Crippen molar-refractivity contribution in [2.45, 2.75) is 45.1 Å². The predicted octanol–water partition coefficient (Wildman–Crippen LogP) is 4.30. The van der Waals surface area contributed by atoms with Crippen molar-refractivity contribution < 1.29 is 4.39 Å². The van der Waals surface area contributed by atoms with E-state index in [2.05, 4.69) is 12.2 Å². The normalized spacial score (nSPS) is 25.9. The molecule has 3 unspecified atom stereocenters. The SMILES string of the molecule is CCC1CCCCC1C(NC)c1ccc(F)cc1. The fourth-order valence-corrected chi connectivity index (χ4v) is 3.48. The number of benzene rings is 1. The summed E-state index contributed by atoms with van der Waals surface area (Å²) in [5, 5.41) is 3.45. The molecule has 0 aromatic heterocycles. The largest absolute Gasteiger partial charge is 0.313 e. The van der Waals surface area contributed by atoms with Crippen molar-refractivity contribution in [2.75, 3.05) is 7.05 Å². The topological polar surface area (TPSA) is 12.0 Å². The summed E-state index contributed by atoms with van der Waals surface area (Å²) < 4.78 is 13.0. The summed E-state index contributed by atoms with van der Waals surface area (Å²) in [7, 11) is 2.02. The van der Waals surface area contributed by atoms with Gasteiger partial charge in [-0.05, 0) is 43.0 Å². The first-order chi connectivity index (χ1) is 8.76. The summed E-state index contributed by atoms with van der Waals surface area (Å²) in [4.78, 5) is 0. The minimum absolute atomic E-state index is 0.149. The molecule has 1 aliphatic rings. The van der Waals surface area contributed by atoms with Crippen LogP contribution in [0.3, 0.4) is 0 Å². The molecule has 0 saturated heterocycles. The Hall–Kier alpha value is -0.890. The molecule has 3 atom stereocenters. The molecule has 1 aliphatic carbocycles. The van der Waals surface area contributed by atoms with Gasteiger partial charge in [-0.2, -0.15) is 0 Å². The van der Waals surface area contributed by atoms with Crippen LogP contribution in [0, 0.1) is 17.7 Å². The van der Waals surface area contributed by atoms with Crippen LogP contribution in [-0.2, 0) is 0 Å². The molecule has 1 nitrogen and oxygen atoms in total. The number of hydrogen-bond donors (Lipinski definition) is 1. The highest BCUT2D eigenvalue weighted by atomic mass is 19.1. The minimum Gasteiger partial charge on any atom is -0.313 e. The van der Waals surface area contributed by atoms with E-state index in [-0.39, 0.29) is 5.82 Å². The molecule has 2 rings (SSSR count). The molecule has 0 aliphatic heterocycles. The van der Waals surface area contributed by atoms with Gasteiger partial charge in [0.2, 0.25) is 0 Å². The molecule has 1 fully saturated rings. The Balaban J connectivity index is 2.18. The molecular formula is C16H24FN. The molecule has 0 bridgehead atoms. The number of rotatable bonds is 4. The first-order valence-electron chi connectivity index (χ1n) is 7.19. The average Bonchev–Trinajstić information content (AvgIpc) is 2.42. The van der Waals surface area contributed by atoms with Gasteiger partial charge in [0.1, 0.15) is 5.82 Å². The van der Waals surface area contributed by atoms with Crippen molar-refractivity contribution in [1.29, 1.82) is 0 Å². The maximum atomic E-state index is 13.0. The second-order valence-electron chi connectivity index (χ2n) is 5.43. The number of halogens is 1. The van der Waals surface area contributed by atoms with Crippen molar-refractivity contribution in [3.05, 3.63) is 35.6 Å². The van der Waals surface area contributed by atoms with Crippen molar-refractivity contribution in [2.24, 2.45) is 11.8 Å². The summed E-state index contributed by atoms with van der Waals surface area (Å²) in [6.45, 7) is 2.29. The molecule has 100 valence electrons. The summed E-state index contributed by atoms with van der Waals surface area (Å²) in [5.74, 6) is 1.35. The monoisotopic (exact) mass is 249 g/mol. The van der Waals surface area contributed by atoms with Crippen molar-refractivity contribution in [3.63, 3.8) is 0 Å². The Labute approximate surface area is 110 Å². The first kappa shape index (κ1) is 13.5. The zero-order chi connectivity index (χ0) is 13.0. The van der Waals surface area contributed by atoms with Crippen molar-refractivity contribution in [3.8, 4) is 0 Å². The third kappa shape index (κ3) is 2.92. The highest BCUT2D eigenvalue weighted by Gasteiger charge is 2.30. The molecule has 1 aromatic carbocycles. The lowest BCUT2D eigenvalue weighted by Crippen LogP contribution is -2.32. The van der Waals surface area contributed by atoms with Gasteiger partial charge in [0.25, 0.3) is 0 Å².